The molecule has 0 radical (unpaired) electrons. The van der Waals surface area contributed by atoms with Crippen LogP contribution < -0.4 is 5.32 Å². The Kier molecular flexibility index (Phi) is 6.62. The van der Waals surface area contributed by atoms with Crippen LogP contribution in [0.2, 0.25) is 10.0 Å². The van der Waals surface area contributed by atoms with Crippen LogP contribution in [-0.4, -0.2) is 31.2 Å². The second-order valence-electron chi connectivity index (χ2n) is 7.84. The van der Waals surface area contributed by atoms with Crippen molar-refractivity contribution < 1.29 is 9.21 Å². The summed E-state index contributed by atoms with van der Waals surface area (Å²) in [4.78, 5) is 16.8. The molecular weight excluding hydrogens is 489 g/mol. The molecule has 0 bridgehead atoms. The third-order valence-corrected chi connectivity index (χ3v) is 6.84. The molecule has 0 saturated heterocycles. The van der Waals surface area contributed by atoms with Gasteiger partial charge in [-0.25, -0.2) is 4.98 Å². The number of furan rings is 1. The average Bonchev–Trinajstić information content (AvgIpc) is 3.47. The fraction of sp³-hybridized carbons (Fsp3) is 0.238. The van der Waals surface area contributed by atoms with Crippen molar-refractivity contribution in [1.29, 1.82) is 0 Å². The predicted molar refractivity (Wildman–Crippen MR) is 128 cm³/mol. The van der Waals surface area contributed by atoms with Crippen LogP contribution in [0.3, 0.4) is 0 Å². The normalized spacial score (nSPS) is 11.7. The number of hydrogen-bond donors (Lipinski definition) is 1. The van der Waals surface area contributed by atoms with Gasteiger partial charge in [0, 0.05) is 10.9 Å². The van der Waals surface area contributed by atoms with E-state index in [2.05, 4.69) is 20.5 Å². The summed E-state index contributed by atoms with van der Waals surface area (Å²) in [6.07, 6.45) is 1.58. The van der Waals surface area contributed by atoms with E-state index in [4.69, 9.17) is 27.6 Å². The van der Waals surface area contributed by atoms with E-state index in [-0.39, 0.29) is 11.4 Å². The molecule has 1 amide bonds. The zero-order valence-electron chi connectivity index (χ0n) is 17.4. The molecular formula is C21H19Cl2N5O2S2. The fourth-order valence-corrected chi connectivity index (χ4v) is 4.83. The van der Waals surface area contributed by atoms with Gasteiger partial charge in [0.15, 0.2) is 10.9 Å². The number of aromatic nitrogens is 4. The third-order valence-electron chi connectivity index (χ3n) is 4.13. The van der Waals surface area contributed by atoms with Crippen molar-refractivity contribution in [2.75, 3.05) is 0 Å². The number of hydrogen-bond acceptors (Lipinski definition) is 7. The monoisotopic (exact) mass is 507 g/mol. The Labute approximate surface area is 203 Å². The van der Waals surface area contributed by atoms with Gasteiger partial charge in [-0.15, -0.1) is 21.5 Å². The standard InChI is InChI=1S/C21H19Cl2N5O2S2/c1-21(2,3)25-19(29)15-10-31-17(24-15)11-32-20-27-26-18(16-5-4-8-30-16)28(20)12-6-7-13(22)14(23)9-12/h4-10H,11H2,1-3H3,(H,25,29). The number of thioether (sulfide) groups is 1. The van der Waals surface area contributed by atoms with Crippen molar-refractivity contribution in [3.05, 3.63) is 62.7 Å². The van der Waals surface area contributed by atoms with Crippen LogP contribution in [0.25, 0.3) is 17.3 Å². The molecule has 3 aromatic heterocycles. The van der Waals surface area contributed by atoms with Crippen LogP contribution in [0.15, 0.2) is 51.5 Å². The Morgan fingerprint density at radius 3 is 2.72 bits per heavy atom. The highest BCUT2D eigenvalue weighted by Crippen LogP contribution is 2.33. The van der Waals surface area contributed by atoms with Crippen molar-refractivity contribution in [3.8, 4) is 17.3 Å². The SMILES string of the molecule is CC(C)(C)NC(=O)c1csc(CSc2nnc(-c3ccco3)n2-c2ccc(Cl)c(Cl)c2)n1. The van der Waals surface area contributed by atoms with Gasteiger partial charge in [0.05, 0.1) is 27.7 Å². The second kappa shape index (κ2) is 9.27. The van der Waals surface area contributed by atoms with Gasteiger partial charge in [-0.3, -0.25) is 9.36 Å². The predicted octanol–water partition coefficient (Wildman–Crippen LogP) is 6.11. The van der Waals surface area contributed by atoms with Gasteiger partial charge in [0.2, 0.25) is 5.82 Å². The van der Waals surface area contributed by atoms with Gasteiger partial charge in [-0.05, 0) is 51.1 Å². The van der Waals surface area contributed by atoms with Gasteiger partial charge in [-0.1, -0.05) is 35.0 Å². The lowest BCUT2D eigenvalue weighted by Crippen LogP contribution is -2.40. The maximum Gasteiger partial charge on any atom is 0.271 e. The Morgan fingerprint density at radius 1 is 1.22 bits per heavy atom. The molecule has 32 heavy (non-hydrogen) atoms. The highest BCUT2D eigenvalue weighted by Gasteiger charge is 2.21. The van der Waals surface area contributed by atoms with Gasteiger partial charge in [-0.2, -0.15) is 0 Å². The Hall–Kier alpha value is -2.33. The van der Waals surface area contributed by atoms with E-state index in [1.807, 2.05) is 37.5 Å². The highest BCUT2D eigenvalue weighted by atomic mass is 35.5. The van der Waals surface area contributed by atoms with Gasteiger partial charge in [0.1, 0.15) is 10.7 Å². The summed E-state index contributed by atoms with van der Waals surface area (Å²) >= 11 is 15.2. The summed E-state index contributed by atoms with van der Waals surface area (Å²) in [7, 11) is 0. The van der Waals surface area contributed by atoms with Crippen LogP contribution in [-0.2, 0) is 5.75 Å². The van der Waals surface area contributed by atoms with Crippen LogP contribution in [0.1, 0.15) is 36.3 Å². The van der Waals surface area contributed by atoms with Crippen molar-refractivity contribution in [3.63, 3.8) is 0 Å². The molecule has 0 unspecified atom stereocenters. The molecule has 0 aliphatic heterocycles. The zero-order valence-corrected chi connectivity index (χ0v) is 20.6. The lowest BCUT2D eigenvalue weighted by molar-refractivity contribution is 0.0915. The first-order chi connectivity index (χ1) is 15.2. The number of benzene rings is 1. The topological polar surface area (TPSA) is 85.8 Å². The molecule has 1 N–H and O–H groups in total. The van der Waals surface area contributed by atoms with E-state index >= 15 is 0 Å². The maximum atomic E-state index is 12.3. The van der Waals surface area contributed by atoms with E-state index in [0.29, 0.717) is 38.2 Å². The summed E-state index contributed by atoms with van der Waals surface area (Å²) in [5.41, 5.74) is 0.833. The Bertz CT molecular complexity index is 1250. The minimum Gasteiger partial charge on any atom is -0.461 e. The Morgan fingerprint density at radius 2 is 2.03 bits per heavy atom. The summed E-state index contributed by atoms with van der Waals surface area (Å²) in [6, 6.07) is 8.91. The number of thiazole rings is 1. The summed E-state index contributed by atoms with van der Waals surface area (Å²) < 4.78 is 7.39. The lowest BCUT2D eigenvalue weighted by Gasteiger charge is -2.19. The molecule has 0 aliphatic rings. The third kappa shape index (κ3) is 5.17. The quantitative estimate of drug-likeness (QED) is 0.316. The van der Waals surface area contributed by atoms with Gasteiger partial charge in [0.25, 0.3) is 5.91 Å². The van der Waals surface area contributed by atoms with Crippen molar-refractivity contribution in [2.45, 2.75) is 37.2 Å². The minimum absolute atomic E-state index is 0.191. The lowest BCUT2D eigenvalue weighted by atomic mass is 10.1. The van der Waals surface area contributed by atoms with Crippen molar-refractivity contribution >= 4 is 52.2 Å². The molecule has 166 valence electrons. The van der Waals surface area contributed by atoms with Crippen LogP contribution in [0.5, 0.6) is 0 Å². The first kappa shape index (κ1) is 22.8. The van der Waals surface area contributed by atoms with E-state index in [9.17, 15) is 4.79 Å². The van der Waals surface area contributed by atoms with E-state index in [1.165, 1.54) is 23.1 Å². The van der Waals surface area contributed by atoms with Gasteiger partial charge < -0.3 is 9.73 Å². The van der Waals surface area contributed by atoms with Crippen molar-refractivity contribution in [1.82, 2.24) is 25.1 Å². The molecule has 3 heterocycles. The molecule has 4 aromatic rings. The summed E-state index contributed by atoms with van der Waals surface area (Å²) in [6.45, 7) is 5.79. The Balaban J connectivity index is 1.60. The van der Waals surface area contributed by atoms with E-state index in [0.717, 1.165) is 10.7 Å². The summed E-state index contributed by atoms with van der Waals surface area (Å²) in [5.74, 6) is 1.44. The number of rotatable bonds is 6. The minimum atomic E-state index is -0.325. The molecule has 0 aliphatic carbocycles. The fourth-order valence-electron chi connectivity index (χ4n) is 2.80. The highest BCUT2D eigenvalue weighted by molar-refractivity contribution is 7.98. The molecule has 7 nitrogen and oxygen atoms in total. The smallest absolute Gasteiger partial charge is 0.271 e. The number of carbonyl (C=O) groups excluding carboxylic acids is 1. The number of nitrogens with one attached hydrogen (secondary N) is 1. The molecule has 0 fully saturated rings. The maximum absolute atomic E-state index is 12.3. The number of nitrogens with zero attached hydrogens (tertiary/aromatic N) is 4. The molecule has 4 rings (SSSR count). The molecule has 11 heteroatoms. The second-order valence-corrected chi connectivity index (χ2v) is 10.5. The molecule has 0 spiro atoms. The number of carbonyl (C=O) groups is 1. The first-order valence-electron chi connectivity index (χ1n) is 9.56. The molecule has 1 aromatic carbocycles. The first-order valence-corrected chi connectivity index (χ1v) is 12.2. The largest absolute Gasteiger partial charge is 0.461 e. The molecule has 0 saturated carbocycles. The number of amides is 1. The van der Waals surface area contributed by atoms with Crippen molar-refractivity contribution in [2.24, 2.45) is 0 Å². The van der Waals surface area contributed by atoms with E-state index < -0.39 is 0 Å². The summed E-state index contributed by atoms with van der Waals surface area (Å²) in [5, 5.41) is 15.7. The number of halogens is 2. The zero-order chi connectivity index (χ0) is 22.9. The van der Waals surface area contributed by atoms with Crippen LogP contribution in [0.4, 0.5) is 0 Å². The molecule has 0 atom stereocenters. The van der Waals surface area contributed by atoms with Crippen LogP contribution in [0, 0.1) is 0 Å². The average molecular weight is 508 g/mol. The van der Waals surface area contributed by atoms with E-state index in [1.54, 1.807) is 29.8 Å². The van der Waals surface area contributed by atoms with Gasteiger partial charge >= 0.3 is 0 Å². The van der Waals surface area contributed by atoms with Crippen LogP contribution >= 0.6 is 46.3 Å².